The number of hydrogen-bond acceptors (Lipinski definition) is 4. The first-order valence-corrected chi connectivity index (χ1v) is 8.65. The maximum absolute atomic E-state index is 12.1. The van der Waals surface area contributed by atoms with Crippen LogP contribution < -0.4 is 20.7 Å². The molecule has 1 atom stereocenters. The zero-order valence-electron chi connectivity index (χ0n) is 14.1. The summed E-state index contributed by atoms with van der Waals surface area (Å²) in [6.07, 6.45) is 0. The molecule has 7 nitrogen and oxygen atoms in total. The number of amides is 4. The van der Waals surface area contributed by atoms with Crippen LogP contribution in [0.1, 0.15) is 12.5 Å². The van der Waals surface area contributed by atoms with E-state index in [-0.39, 0.29) is 6.61 Å². The molecule has 1 fully saturated rings. The van der Waals surface area contributed by atoms with E-state index in [1.54, 1.807) is 43.3 Å². The lowest BCUT2D eigenvalue weighted by molar-refractivity contribution is -0.123. The largest absolute Gasteiger partial charge is 0.482 e. The van der Waals surface area contributed by atoms with Gasteiger partial charge in [0.1, 0.15) is 11.3 Å². The molecule has 0 saturated carbocycles. The van der Waals surface area contributed by atoms with E-state index in [1.807, 2.05) is 0 Å². The second-order valence-electron chi connectivity index (χ2n) is 6.03. The standard InChI is InChI=1S/C18H15Cl2N3O4/c1-18(16(25)22-17(26)23-18)10-3-2-4-12(7-10)21-15(24)9-27-14-6-5-11(19)8-13(14)20/h2-8H,9H2,1H3,(H,21,24)(H2,22,23,25,26)/t18-/m1/s1. The molecule has 1 heterocycles. The van der Waals surface area contributed by atoms with Gasteiger partial charge in [-0.1, -0.05) is 35.3 Å². The maximum atomic E-state index is 12.1. The Kier molecular flexibility index (Phi) is 5.25. The SMILES string of the molecule is C[C@]1(c2cccc(NC(=O)COc3ccc(Cl)cc3Cl)c2)NC(=O)NC1=O. The number of hydrogen-bond donors (Lipinski definition) is 3. The molecule has 140 valence electrons. The average molecular weight is 408 g/mol. The van der Waals surface area contributed by atoms with Crippen LogP contribution in [0.15, 0.2) is 42.5 Å². The number of carbonyl (C=O) groups is 3. The van der Waals surface area contributed by atoms with E-state index >= 15 is 0 Å². The molecule has 0 bridgehead atoms. The van der Waals surface area contributed by atoms with E-state index in [2.05, 4.69) is 16.0 Å². The van der Waals surface area contributed by atoms with Gasteiger partial charge in [0, 0.05) is 10.7 Å². The summed E-state index contributed by atoms with van der Waals surface area (Å²) in [4.78, 5) is 35.6. The summed E-state index contributed by atoms with van der Waals surface area (Å²) < 4.78 is 5.38. The van der Waals surface area contributed by atoms with Crippen LogP contribution in [-0.2, 0) is 15.1 Å². The van der Waals surface area contributed by atoms with E-state index < -0.39 is 23.4 Å². The van der Waals surface area contributed by atoms with Gasteiger partial charge in [0.2, 0.25) is 0 Å². The fraction of sp³-hybridized carbons (Fsp3) is 0.167. The molecule has 2 aromatic rings. The molecule has 4 amide bonds. The highest BCUT2D eigenvalue weighted by Gasteiger charge is 2.43. The van der Waals surface area contributed by atoms with E-state index in [9.17, 15) is 14.4 Å². The molecule has 0 spiro atoms. The Bertz CT molecular complexity index is 935. The maximum Gasteiger partial charge on any atom is 0.322 e. The normalized spacial score (nSPS) is 18.6. The molecule has 0 aliphatic carbocycles. The van der Waals surface area contributed by atoms with Crippen LogP contribution in [0.5, 0.6) is 5.75 Å². The highest BCUT2D eigenvalue weighted by atomic mass is 35.5. The van der Waals surface area contributed by atoms with Gasteiger partial charge in [0.05, 0.1) is 5.02 Å². The molecule has 9 heteroatoms. The number of anilines is 1. The van der Waals surface area contributed by atoms with Crippen molar-refractivity contribution in [2.24, 2.45) is 0 Å². The third kappa shape index (κ3) is 4.15. The van der Waals surface area contributed by atoms with Crippen molar-refractivity contribution in [2.45, 2.75) is 12.5 Å². The van der Waals surface area contributed by atoms with Crippen LogP contribution in [-0.4, -0.2) is 24.5 Å². The number of imide groups is 1. The van der Waals surface area contributed by atoms with Crippen molar-refractivity contribution in [3.8, 4) is 5.75 Å². The lowest BCUT2D eigenvalue weighted by Gasteiger charge is -2.21. The summed E-state index contributed by atoms with van der Waals surface area (Å²) in [5.74, 6) is -0.539. The van der Waals surface area contributed by atoms with Crippen molar-refractivity contribution in [3.63, 3.8) is 0 Å². The van der Waals surface area contributed by atoms with Gasteiger partial charge in [-0.3, -0.25) is 14.9 Å². The van der Waals surface area contributed by atoms with Gasteiger partial charge in [-0.2, -0.15) is 0 Å². The van der Waals surface area contributed by atoms with Gasteiger partial charge in [-0.05, 0) is 42.8 Å². The Balaban J connectivity index is 1.66. The molecule has 2 aromatic carbocycles. The number of rotatable bonds is 5. The fourth-order valence-corrected chi connectivity index (χ4v) is 3.05. The monoisotopic (exact) mass is 407 g/mol. The van der Waals surface area contributed by atoms with Crippen molar-refractivity contribution in [3.05, 3.63) is 58.1 Å². The Labute approximate surface area is 165 Å². The third-order valence-corrected chi connectivity index (χ3v) is 4.55. The van der Waals surface area contributed by atoms with E-state index in [4.69, 9.17) is 27.9 Å². The predicted molar refractivity (Wildman–Crippen MR) is 101 cm³/mol. The summed E-state index contributed by atoms with van der Waals surface area (Å²) >= 11 is 11.8. The summed E-state index contributed by atoms with van der Waals surface area (Å²) in [5, 5.41) is 8.20. The lowest BCUT2D eigenvalue weighted by atomic mass is 9.92. The second-order valence-corrected chi connectivity index (χ2v) is 6.87. The number of benzene rings is 2. The molecule has 3 N–H and O–H groups in total. The van der Waals surface area contributed by atoms with Crippen molar-refractivity contribution < 1.29 is 19.1 Å². The molecule has 0 aromatic heterocycles. The summed E-state index contributed by atoms with van der Waals surface area (Å²) in [6.45, 7) is 1.32. The zero-order chi connectivity index (χ0) is 19.6. The minimum absolute atomic E-state index is 0.264. The van der Waals surface area contributed by atoms with Gasteiger partial charge in [0.25, 0.3) is 11.8 Å². The summed E-state index contributed by atoms with van der Waals surface area (Å²) in [5.41, 5.74) is -0.214. The van der Waals surface area contributed by atoms with Crippen molar-refractivity contribution in [1.82, 2.24) is 10.6 Å². The minimum atomic E-state index is -1.20. The Hall–Kier alpha value is -2.77. The molecule has 3 rings (SSSR count). The van der Waals surface area contributed by atoms with Gasteiger partial charge in [0.15, 0.2) is 6.61 Å². The van der Waals surface area contributed by atoms with Crippen LogP contribution in [0.2, 0.25) is 10.0 Å². The quantitative estimate of drug-likeness (QED) is 0.663. The second kappa shape index (κ2) is 7.46. The zero-order valence-corrected chi connectivity index (χ0v) is 15.6. The number of halogens is 2. The summed E-state index contributed by atoms with van der Waals surface area (Å²) in [7, 11) is 0. The van der Waals surface area contributed by atoms with Gasteiger partial charge in [-0.25, -0.2) is 4.79 Å². The molecular formula is C18H15Cl2N3O4. The van der Waals surface area contributed by atoms with Crippen LogP contribution in [0.3, 0.4) is 0 Å². The van der Waals surface area contributed by atoms with Crippen LogP contribution in [0.25, 0.3) is 0 Å². The molecular weight excluding hydrogens is 393 g/mol. The predicted octanol–water partition coefficient (Wildman–Crippen LogP) is 3.07. The Morgan fingerprint density at radius 1 is 1.19 bits per heavy atom. The Morgan fingerprint density at radius 2 is 1.96 bits per heavy atom. The van der Waals surface area contributed by atoms with Crippen LogP contribution in [0.4, 0.5) is 10.5 Å². The first-order valence-electron chi connectivity index (χ1n) is 7.90. The lowest BCUT2D eigenvalue weighted by Crippen LogP contribution is -2.40. The topological polar surface area (TPSA) is 96.5 Å². The molecule has 1 aliphatic heterocycles. The fourth-order valence-electron chi connectivity index (χ4n) is 2.59. The van der Waals surface area contributed by atoms with Gasteiger partial charge in [-0.15, -0.1) is 0 Å². The van der Waals surface area contributed by atoms with Gasteiger partial charge < -0.3 is 15.4 Å². The molecule has 1 saturated heterocycles. The molecule has 27 heavy (non-hydrogen) atoms. The minimum Gasteiger partial charge on any atom is -0.482 e. The summed E-state index contributed by atoms with van der Waals surface area (Å²) in [6, 6.07) is 10.8. The van der Waals surface area contributed by atoms with Crippen molar-refractivity contribution in [1.29, 1.82) is 0 Å². The number of ether oxygens (including phenoxy) is 1. The van der Waals surface area contributed by atoms with Crippen LogP contribution in [0, 0.1) is 0 Å². The van der Waals surface area contributed by atoms with E-state index in [1.165, 1.54) is 6.07 Å². The third-order valence-electron chi connectivity index (χ3n) is 4.02. The molecule has 0 unspecified atom stereocenters. The number of carbonyl (C=O) groups excluding carboxylic acids is 3. The van der Waals surface area contributed by atoms with Crippen LogP contribution >= 0.6 is 23.2 Å². The number of urea groups is 1. The smallest absolute Gasteiger partial charge is 0.322 e. The number of nitrogens with one attached hydrogen (secondary N) is 3. The van der Waals surface area contributed by atoms with Crippen molar-refractivity contribution in [2.75, 3.05) is 11.9 Å². The van der Waals surface area contributed by atoms with E-state index in [0.29, 0.717) is 27.0 Å². The highest BCUT2D eigenvalue weighted by Crippen LogP contribution is 2.28. The van der Waals surface area contributed by atoms with Crippen molar-refractivity contribution >= 4 is 46.7 Å². The van der Waals surface area contributed by atoms with Gasteiger partial charge >= 0.3 is 6.03 Å². The highest BCUT2D eigenvalue weighted by molar-refractivity contribution is 6.35. The average Bonchev–Trinajstić information content (AvgIpc) is 2.87. The first kappa shape index (κ1) is 19.0. The molecule has 0 radical (unpaired) electrons. The van der Waals surface area contributed by atoms with E-state index in [0.717, 1.165) is 0 Å². The first-order chi connectivity index (χ1) is 12.8. The Morgan fingerprint density at radius 3 is 2.63 bits per heavy atom. The molecule has 1 aliphatic rings.